The van der Waals surface area contributed by atoms with Gasteiger partial charge in [-0.15, -0.1) is 0 Å². The van der Waals surface area contributed by atoms with Crippen molar-refractivity contribution in [1.29, 1.82) is 0 Å². The van der Waals surface area contributed by atoms with Gasteiger partial charge in [-0.2, -0.15) is 0 Å². The van der Waals surface area contributed by atoms with Crippen molar-refractivity contribution in [3.05, 3.63) is 23.8 Å². The molecule has 0 amide bonds. The van der Waals surface area contributed by atoms with E-state index >= 15 is 0 Å². The largest absolute Gasteiger partial charge is 0.462 e. The van der Waals surface area contributed by atoms with Crippen molar-refractivity contribution in [3.63, 3.8) is 0 Å². The quantitative estimate of drug-likeness (QED) is 0.172. The molecule has 0 aliphatic heterocycles. The van der Waals surface area contributed by atoms with Crippen LogP contribution >= 0.6 is 15.9 Å². The maximum atomic E-state index is 12.1. The van der Waals surface area contributed by atoms with E-state index in [2.05, 4.69) is 75.7 Å². The number of hydrogen-bond donors (Lipinski definition) is 0. The number of alkyl halides is 1. The lowest BCUT2D eigenvalue weighted by molar-refractivity contribution is -0.151. The summed E-state index contributed by atoms with van der Waals surface area (Å²) in [5, 5.41) is 0.690. The standard InChI is InChI=1S/C32H51BrO2/c1-7-23(21(2)3)9-8-22(4)27-12-13-28-26-11-10-24-20-25(35-30(34)16-19-33)14-17-31(24,5)29(26)15-18-32(27,28)6/h8-10,21-23,25-29H,7,11-20H2,1-6H3/t22-,23-,25+,26?,27-,28?,29?,31+,32-/m1/s1. The SMILES string of the molecule is CC[C@H](C=C[C@@H](C)[C@H]1CCC2C3CC=C4C[C@@H](OC(=O)CCBr)CC[C@]4(C)C3CC[C@@]21C)C(C)C. The molecule has 0 aromatic carbocycles. The van der Waals surface area contributed by atoms with Crippen LogP contribution in [0.15, 0.2) is 23.8 Å². The van der Waals surface area contributed by atoms with Gasteiger partial charge in [-0.05, 0) is 104 Å². The van der Waals surface area contributed by atoms with Crippen molar-refractivity contribution in [1.82, 2.24) is 0 Å². The fraction of sp³-hybridized carbons (Fsp3) is 0.844. The molecule has 3 heteroatoms. The molecule has 3 unspecified atom stereocenters. The molecule has 35 heavy (non-hydrogen) atoms. The summed E-state index contributed by atoms with van der Waals surface area (Å²) in [6.45, 7) is 14.8. The van der Waals surface area contributed by atoms with Crippen molar-refractivity contribution in [2.45, 2.75) is 112 Å². The summed E-state index contributed by atoms with van der Waals surface area (Å²) in [5.74, 6) is 5.45. The van der Waals surface area contributed by atoms with Gasteiger partial charge in [0.05, 0.1) is 6.42 Å². The van der Waals surface area contributed by atoms with E-state index in [1.165, 1.54) is 44.9 Å². The molecular formula is C32H51BrO2. The van der Waals surface area contributed by atoms with E-state index in [4.69, 9.17) is 4.74 Å². The van der Waals surface area contributed by atoms with Crippen molar-refractivity contribution in [2.75, 3.05) is 5.33 Å². The van der Waals surface area contributed by atoms with Gasteiger partial charge < -0.3 is 4.74 Å². The van der Waals surface area contributed by atoms with Gasteiger partial charge in [0.25, 0.3) is 0 Å². The van der Waals surface area contributed by atoms with E-state index < -0.39 is 0 Å². The number of fused-ring (bicyclic) bond motifs is 5. The van der Waals surface area contributed by atoms with Crippen LogP contribution in [0.4, 0.5) is 0 Å². The number of esters is 1. The number of halogens is 1. The topological polar surface area (TPSA) is 26.3 Å². The van der Waals surface area contributed by atoms with Crippen LogP contribution in [0.25, 0.3) is 0 Å². The van der Waals surface area contributed by atoms with Gasteiger partial charge >= 0.3 is 5.97 Å². The molecule has 4 aliphatic rings. The summed E-state index contributed by atoms with van der Waals surface area (Å²) in [4.78, 5) is 12.1. The molecule has 0 heterocycles. The minimum Gasteiger partial charge on any atom is -0.462 e. The molecule has 0 bridgehead atoms. The van der Waals surface area contributed by atoms with Crippen molar-refractivity contribution >= 4 is 21.9 Å². The molecule has 9 atom stereocenters. The molecule has 3 saturated carbocycles. The first kappa shape index (κ1) is 27.5. The molecule has 0 N–H and O–H groups in total. The van der Waals surface area contributed by atoms with Gasteiger partial charge in [0.15, 0.2) is 0 Å². The van der Waals surface area contributed by atoms with Crippen molar-refractivity contribution in [2.24, 2.45) is 52.3 Å². The molecule has 2 nitrogen and oxygen atoms in total. The Balaban J connectivity index is 1.46. The second-order valence-corrected chi connectivity index (χ2v) is 14.1. The summed E-state index contributed by atoms with van der Waals surface area (Å²) in [5.41, 5.74) is 2.42. The molecule has 4 aliphatic carbocycles. The van der Waals surface area contributed by atoms with Gasteiger partial charge in [0.1, 0.15) is 6.10 Å². The first-order chi connectivity index (χ1) is 16.6. The lowest BCUT2D eigenvalue weighted by atomic mass is 9.47. The number of carbonyl (C=O) groups is 1. The predicted octanol–water partition coefficient (Wildman–Crippen LogP) is 9.14. The average molecular weight is 548 g/mol. The highest BCUT2D eigenvalue weighted by Gasteiger charge is 2.59. The zero-order valence-electron chi connectivity index (χ0n) is 23.3. The van der Waals surface area contributed by atoms with Gasteiger partial charge in [0, 0.05) is 11.8 Å². The molecule has 0 radical (unpaired) electrons. The molecule has 0 spiro atoms. The van der Waals surface area contributed by atoms with Crippen LogP contribution < -0.4 is 0 Å². The van der Waals surface area contributed by atoms with Crippen LogP contribution in [-0.2, 0) is 9.53 Å². The second-order valence-electron chi connectivity index (χ2n) is 13.3. The van der Waals surface area contributed by atoms with Crippen LogP contribution in [0.2, 0.25) is 0 Å². The Morgan fingerprint density at radius 1 is 1.11 bits per heavy atom. The van der Waals surface area contributed by atoms with Crippen LogP contribution in [0.3, 0.4) is 0 Å². The van der Waals surface area contributed by atoms with E-state index in [9.17, 15) is 4.79 Å². The van der Waals surface area contributed by atoms with Gasteiger partial charge in [0.2, 0.25) is 0 Å². The van der Waals surface area contributed by atoms with Crippen LogP contribution in [-0.4, -0.2) is 17.4 Å². The third-order valence-electron chi connectivity index (χ3n) is 11.4. The lowest BCUT2D eigenvalue weighted by Gasteiger charge is -2.58. The van der Waals surface area contributed by atoms with E-state index in [1.807, 2.05) is 0 Å². The molecule has 3 fully saturated rings. The number of hydrogen-bond acceptors (Lipinski definition) is 2. The Kier molecular flexibility index (Phi) is 8.66. The molecule has 0 aromatic rings. The molecular weight excluding hydrogens is 496 g/mol. The maximum Gasteiger partial charge on any atom is 0.306 e. The molecule has 0 aromatic heterocycles. The Labute approximate surface area is 224 Å². The summed E-state index contributed by atoms with van der Waals surface area (Å²) in [7, 11) is 0. The van der Waals surface area contributed by atoms with Crippen LogP contribution in [0, 0.1) is 52.3 Å². The Hall–Kier alpha value is -0.570. The third-order valence-corrected chi connectivity index (χ3v) is 11.7. The zero-order valence-corrected chi connectivity index (χ0v) is 24.9. The van der Waals surface area contributed by atoms with Crippen LogP contribution in [0.5, 0.6) is 0 Å². The second kappa shape index (κ2) is 11.0. The molecule has 4 rings (SSSR count). The van der Waals surface area contributed by atoms with E-state index in [0.717, 1.165) is 42.4 Å². The Bertz CT molecular complexity index is 814. The summed E-state index contributed by atoms with van der Waals surface area (Å²) < 4.78 is 5.83. The number of rotatable bonds is 8. The van der Waals surface area contributed by atoms with Crippen molar-refractivity contribution in [3.8, 4) is 0 Å². The molecule has 0 saturated heterocycles. The Morgan fingerprint density at radius 3 is 2.57 bits per heavy atom. The smallest absolute Gasteiger partial charge is 0.306 e. The highest BCUT2D eigenvalue weighted by molar-refractivity contribution is 9.09. The highest BCUT2D eigenvalue weighted by atomic mass is 79.9. The number of carbonyl (C=O) groups excluding carboxylic acids is 1. The van der Waals surface area contributed by atoms with Crippen molar-refractivity contribution < 1.29 is 9.53 Å². The minimum absolute atomic E-state index is 0.0444. The number of allylic oxidation sites excluding steroid dienone is 3. The fourth-order valence-electron chi connectivity index (χ4n) is 9.24. The molecule has 198 valence electrons. The van der Waals surface area contributed by atoms with Crippen LogP contribution in [0.1, 0.15) is 106 Å². The average Bonchev–Trinajstić information content (AvgIpc) is 3.17. The highest BCUT2D eigenvalue weighted by Crippen LogP contribution is 2.67. The van der Waals surface area contributed by atoms with E-state index in [0.29, 0.717) is 34.4 Å². The Morgan fingerprint density at radius 2 is 1.89 bits per heavy atom. The van der Waals surface area contributed by atoms with E-state index in [-0.39, 0.29) is 12.1 Å². The first-order valence-electron chi connectivity index (χ1n) is 14.8. The minimum atomic E-state index is -0.0444. The third kappa shape index (κ3) is 5.23. The lowest BCUT2D eigenvalue weighted by Crippen LogP contribution is -2.51. The maximum absolute atomic E-state index is 12.1. The fourth-order valence-corrected chi connectivity index (χ4v) is 9.56. The first-order valence-corrected chi connectivity index (χ1v) is 15.9. The number of ether oxygens (including phenoxy) is 1. The zero-order chi connectivity index (χ0) is 25.4. The summed E-state index contributed by atoms with van der Waals surface area (Å²) >= 11 is 3.36. The summed E-state index contributed by atoms with van der Waals surface area (Å²) in [6, 6.07) is 0. The van der Waals surface area contributed by atoms with Gasteiger partial charge in [-0.25, -0.2) is 0 Å². The van der Waals surface area contributed by atoms with Gasteiger partial charge in [-0.3, -0.25) is 4.79 Å². The van der Waals surface area contributed by atoms with E-state index in [1.54, 1.807) is 5.57 Å². The van der Waals surface area contributed by atoms with Gasteiger partial charge in [-0.1, -0.05) is 81.3 Å². The summed E-state index contributed by atoms with van der Waals surface area (Å²) in [6.07, 6.45) is 19.6. The predicted molar refractivity (Wildman–Crippen MR) is 150 cm³/mol. The monoisotopic (exact) mass is 546 g/mol. The normalized spacial score (nSPS) is 40.6.